The first-order valence-electron chi connectivity index (χ1n) is 6.90. The number of nitrogens with one attached hydrogen (secondary N) is 1. The van der Waals surface area contributed by atoms with Crippen molar-refractivity contribution in [1.29, 1.82) is 0 Å². The average Bonchev–Trinajstić information content (AvgIpc) is 2.46. The van der Waals surface area contributed by atoms with Crippen molar-refractivity contribution in [2.75, 3.05) is 13.7 Å². The van der Waals surface area contributed by atoms with E-state index >= 15 is 0 Å². The molecule has 0 amide bonds. The molecule has 0 radical (unpaired) electrons. The van der Waals surface area contributed by atoms with E-state index in [1.807, 2.05) is 12.1 Å². The topological polar surface area (TPSA) is 47.3 Å². The van der Waals surface area contributed by atoms with Crippen molar-refractivity contribution >= 4 is 0 Å². The molecule has 0 aliphatic heterocycles. The van der Waals surface area contributed by atoms with Crippen molar-refractivity contribution in [1.82, 2.24) is 5.32 Å². The molecule has 2 atom stereocenters. The van der Waals surface area contributed by atoms with Crippen LogP contribution >= 0.6 is 0 Å². The van der Waals surface area contributed by atoms with Gasteiger partial charge in [0.15, 0.2) is 0 Å². The van der Waals surface area contributed by atoms with E-state index in [2.05, 4.69) is 17.4 Å². The highest BCUT2D eigenvalue weighted by Crippen LogP contribution is 2.23. The van der Waals surface area contributed by atoms with Gasteiger partial charge in [0, 0.05) is 12.6 Å². The zero-order chi connectivity index (χ0) is 12.8. The van der Waals surface area contributed by atoms with Crippen LogP contribution in [0.5, 0.6) is 5.75 Å². The molecular formula is C15H24N2O. The third-order valence-corrected chi connectivity index (χ3v) is 3.94. The molecule has 1 saturated carbocycles. The molecule has 2 unspecified atom stereocenters. The summed E-state index contributed by atoms with van der Waals surface area (Å²) in [5.74, 6) is 1.56. The standard InChI is InChI=1S/C15H24N2O/c1-18-14-8-6-12(7-9-14)11-17-15-5-3-2-4-13(15)10-16/h6-9,13,15,17H,2-5,10-11,16H2,1H3. The zero-order valence-electron chi connectivity index (χ0n) is 11.2. The third kappa shape index (κ3) is 3.47. The molecule has 1 aromatic carbocycles. The Morgan fingerprint density at radius 3 is 2.61 bits per heavy atom. The van der Waals surface area contributed by atoms with Gasteiger partial charge in [-0.2, -0.15) is 0 Å². The quantitative estimate of drug-likeness (QED) is 0.840. The Hall–Kier alpha value is -1.06. The third-order valence-electron chi connectivity index (χ3n) is 3.94. The summed E-state index contributed by atoms with van der Waals surface area (Å²) in [4.78, 5) is 0. The van der Waals surface area contributed by atoms with E-state index in [1.54, 1.807) is 7.11 Å². The van der Waals surface area contributed by atoms with Gasteiger partial charge in [-0.05, 0) is 43.0 Å². The maximum atomic E-state index is 5.84. The van der Waals surface area contributed by atoms with Crippen molar-refractivity contribution in [3.63, 3.8) is 0 Å². The Balaban J connectivity index is 1.85. The van der Waals surface area contributed by atoms with Crippen LogP contribution < -0.4 is 15.8 Å². The molecule has 0 aromatic heterocycles. The van der Waals surface area contributed by atoms with Crippen molar-refractivity contribution in [2.45, 2.75) is 38.3 Å². The predicted octanol–water partition coefficient (Wildman–Crippen LogP) is 2.30. The zero-order valence-corrected chi connectivity index (χ0v) is 11.2. The number of benzene rings is 1. The fourth-order valence-electron chi connectivity index (χ4n) is 2.75. The Kier molecular flexibility index (Phi) is 5.02. The SMILES string of the molecule is COc1ccc(CNC2CCCCC2CN)cc1. The van der Waals surface area contributed by atoms with Crippen LogP contribution in [-0.4, -0.2) is 19.7 Å². The smallest absolute Gasteiger partial charge is 0.118 e. The molecule has 3 heteroatoms. The van der Waals surface area contributed by atoms with Gasteiger partial charge in [0.25, 0.3) is 0 Å². The first kappa shape index (κ1) is 13.4. The number of hydrogen-bond donors (Lipinski definition) is 2. The van der Waals surface area contributed by atoms with Gasteiger partial charge in [0.05, 0.1) is 7.11 Å². The Bertz CT molecular complexity index is 350. The van der Waals surface area contributed by atoms with Gasteiger partial charge >= 0.3 is 0 Å². The lowest BCUT2D eigenvalue weighted by molar-refractivity contribution is 0.267. The molecule has 0 saturated heterocycles. The normalized spacial score (nSPS) is 23.9. The van der Waals surface area contributed by atoms with Crippen molar-refractivity contribution in [3.05, 3.63) is 29.8 Å². The summed E-state index contributed by atoms with van der Waals surface area (Å²) in [6.45, 7) is 1.73. The summed E-state index contributed by atoms with van der Waals surface area (Å²) in [5, 5.41) is 3.66. The van der Waals surface area contributed by atoms with Crippen molar-refractivity contribution in [2.24, 2.45) is 11.7 Å². The molecule has 18 heavy (non-hydrogen) atoms. The van der Waals surface area contributed by atoms with Crippen LogP contribution in [0.2, 0.25) is 0 Å². The summed E-state index contributed by atoms with van der Waals surface area (Å²) >= 11 is 0. The van der Waals surface area contributed by atoms with Crippen LogP contribution in [0, 0.1) is 5.92 Å². The van der Waals surface area contributed by atoms with Crippen LogP contribution in [0.25, 0.3) is 0 Å². The fraction of sp³-hybridized carbons (Fsp3) is 0.600. The molecular weight excluding hydrogens is 224 g/mol. The van der Waals surface area contributed by atoms with Gasteiger partial charge in [-0.3, -0.25) is 0 Å². The maximum absolute atomic E-state index is 5.84. The summed E-state index contributed by atoms with van der Waals surface area (Å²) in [6, 6.07) is 8.85. The number of ether oxygens (including phenoxy) is 1. The largest absolute Gasteiger partial charge is 0.497 e. The van der Waals surface area contributed by atoms with E-state index in [4.69, 9.17) is 10.5 Å². The molecule has 1 aliphatic rings. The van der Waals surface area contributed by atoms with E-state index in [-0.39, 0.29) is 0 Å². The van der Waals surface area contributed by atoms with Crippen molar-refractivity contribution < 1.29 is 4.74 Å². The number of hydrogen-bond acceptors (Lipinski definition) is 3. The lowest BCUT2D eigenvalue weighted by atomic mass is 9.84. The highest BCUT2D eigenvalue weighted by molar-refractivity contribution is 5.27. The van der Waals surface area contributed by atoms with Crippen LogP contribution in [0.4, 0.5) is 0 Å². The van der Waals surface area contributed by atoms with E-state index in [0.717, 1.165) is 18.8 Å². The molecule has 2 rings (SSSR count). The lowest BCUT2D eigenvalue weighted by Gasteiger charge is -2.31. The van der Waals surface area contributed by atoms with Crippen molar-refractivity contribution in [3.8, 4) is 5.75 Å². The minimum absolute atomic E-state index is 0.589. The molecule has 1 aliphatic carbocycles. The van der Waals surface area contributed by atoms with Gasteiger partial charge in [-0.1, -0.05) is 25.0 Å². The van der Waals surface area contributed by atoms with Crippen LogP contribution in [-0.2, 0) is 6.54 Å². The minimum Gasteiger partial charge on any atom is -0.497 e. The summed E-state index contributed by atoms with van der Waals surface area (Å²) in [7, 11) is 1.70. The number of rotatable bonds is 5. The minimum atomic E-state index is 0.589. The predicted molar refractivity (Wildman–Crippen MR) is 74.6 cm³/mol. The monoisotopic (exact) mass is 248 g/mol. The molecule has 0 bridgehead atoms. The van der Waals surface area contributed by atoms with Crippen LogP contribution in [0.15, 0.2) is 24.3 Å². The maximum Gasteiger partial charge on any atom is 0.118 e. The lowest BCUT2D eigenvalue weighted by Crippen LogP contribution is -2.41. The Labute approximate surface area is 110 Å². The fourth-order valence-corrected chi connectivity index (χ4v) is 2.75. The van der Waals surface area contributed by atoms with E-state index in [0.29, 0.717) is 12.0 Å². The molecule has 0 heterocycles. The van der Waals surface area contributed by atoms with Gasteiger partial charge in [-0.15, -0.1) is 0 Å². The highest BCUT2D eigenvalue weighted by atomic mass is 16.5. The van der Waals surface area contributed by atoms with Crippen LogP contribution in [0.3, 0.4) is 0 Å². The molecule has 100 valence electrons. The van der Waals surface area contributed by atoms with Gasteiger partial charge < -0.3 is 15.8 Å². The summed E-state index contributed by atoms with van der Waals surface area (Å²) in [5.41, 5.74) is 7.15. The summed E-state index contributed by atoms with van der Waals surface area (Å²) in [6.07, 6.45) is 5.20. The van der Waals surface area contributed by atoms with Gasteiger partial charge in [-0.25, -0.2) is 0 Å². The van der Waals surface area contributed by atoms with E-state index in [9.17, 15) is 0 Å². The molecule has 3 N–H and O–H groups in total. The average molecular weight is 248 g/mol. The molecule has 3 nitrogen and oxygen atoms in total. The first-order chi connectivity index (χ1) is 8.83. The molecule has 1 fully saturated rings. The van der Waals surface area contributed by atoms with Gasteiger partial charge in [0.2, 0.25) is 0 Å². The number of nitrogens with two attached hydrogens (primary N) is 1. The second-order valence-electron chi connectivity index (χ2n) is 5.12. The second kappa shape index (κ2) is 6.76. The van der Waals surface area contributed by atoms with E-state index < -0.39 is 0 Å². The second-order valence-corrected chi connectivity index (χ2v) is 5.12. The molecule has 0 spiro atoms. The van der Waals surface area contributed by atoms with Gasteiger partial charge in [0.1, 0.15) is 5.75 Å². The Morgan fingerprint density at radius 1 is 1.22 bits per heavy atom. The first-order valence-corrected chi connectivity index (χ1v) is 6.90. The van der Waals surface area contributed by atoms with E-state index in [1.165, 1.54) is 31.2 Å². The summed E-state index contributed by atoms with van der Waals surface area (Å²) < 4.78 is 5.16. The number of methoxy groups -OCH3 is 1. The highest BCUT2D eigenvalue weighted by Gasteiger charge is 2.22. The molecule has 1 aromatic rings. The van der Waals surface area contributed by atoms with Crippen LogP contribution in [0.1, 0.15) is 31.2 Å². The Morgan fingerprint density at radius 2 is 1.94 bits per heavy atom.